The summed E-state index contributed by atoms with van der Waals surface area (Å²) in [5.41, 5.74) is 0.961. The number of carbonyl (C=O) groups is 1. The maximum atomic E-state index is 12.3. The van der Waals surface area contributed by atoms with E-state index in [1.54, 1.807) is 7.05 Å². The lowest BCUT2D eigenvalue weighted by Crippen LogP contribution is -2.46. The quantitative estimate of drug-likeness (QED) is 0.581. The van der Waals surface area contributed by atoms with Crippen molar-refractivity contribution in [3.05, 3.63) is 30.3 Å². The number of amides is 1. The predicted octanol–water partition coefficient (Wildman–Crippen LogP) is 1.44. The first-order valence-corrected chi connectivity index (χ1v) is 9.28. The summed E-state index contributed by atoms with van der Waals surface area (Å²) in [5, 5.41) is 6.77. The summed E-state index contributed by atoms with van der Waals surface area (Å²) in [4.78, 5) is 21.0. The molecular weight excluding hydrogens is 314 g/mol. The van der Waals surface area contributed by atoms with Gasteiger partial charge in [0.25, 0.3) is 0 Å². The lowest BCUT2D eigenvalue weighted by molar-refractivity contribution is -0.117. The Morgan fingerprint density at radius 1 is 1.32 bits per heavy atom. The fraction of sp³-hybridized carbons (Fsp3) is 0.579. The third-order valence-corrected chi connectivity index (χ3v) is 4.92. The lowest BCUT2D eigenvalue weighted by atomic mass is 10.2. The van der Waals surface area contributed by atoms with E-state index in [1.807, 2.05) is 35.2 Å². The van der Waals surface area contributed by atoms with E-state index in [4.69, 9.17) is 0 Å². The Balaban J connectivity index is 1.46. The first-order chi connectivity index (χ1) is 12.2. The SMILES string of the molecule is CCN(CCNC(=NC)NC1CC(=O)N(c2ccccc2)C1)C1CC1. The van der Waals surface area contributed by atoms with E-state index in [0.717, 1.165) is 37.3 Å². The number of hydrogen-bond acceptors (Lipinski definition) is 3. The van der Waals surface area contributed by atoms with E-state index in [1.165, 1.54) is 12.8 Å². The van der Waals surface area contributed by atoms with Crippen LogP contribution in [-0.2, 0) is 4.79 Å². The van der Waals surface area contributed by atoms with Crippen LogP contribution in [0.4, 0.5) is 5.69 Å². The van der Waals surface area contributed by atoms with Gasteiger partial charge in [-0.15, -0.1) is 0 Å². The van der Waals surface area contributed by atoms with Gasteiger partial charge in [0.15, 0.2) is 5.96 Å². The summed E-state index contributed by atoms with van der Waals surface area (Å²) in [6.45, 7) is 5.89. The topological polar surface area (TPSA) is 60.0 Å². The highest BCUT2D eigenvalue weighted by Crippen LogP contribution is 2.25. The molecule has 1 saturated heterocycles. The molecule has 0 radical (unpaired) electrons. The van der Waals surface area contributed by atoms with Crippen molar-refractivity contribution in [2.45, 2.75) is 38.3 Å². The average molecular weight is 343 g/mol. The monoisotopic (exact) mass is 343 g/mol. The minimum absolute atomic E-state index is 0.0876. The van der Waals surface area contributed by atoms with Gasteiger partial charge in [0.2, 0.25) is 5.91 Å². The molecule has 1 aliphatic carbocycles. The molecule has 0 bridgehead atoms. The van der Waals surface area contributed by atoms with Crippen molar-refractivity contribution in [2.24, 2.45) is 4.99 Å². The Morgan fingerprint density at radius 2 is 2.08 bits per heavy atom. The van der Waals surface area contributed by atoms with Gasteiger partial charge in [-0.05, 0) is 31.5 Å². The Kier molecular flexibility index (Phi) is 5.91. The van der Waals surface area contributed by atoms with E-state index in [2.05, 4.69) is 27.4 Å². The van der Waals surface area contributed by atoms with Crippen molar-refractivity contribution >= 4 is 17.6 Å². The fourth-order valence-electron chi connectivity index (χ4n) is 3.41. The highest BCUT2D eigenvalue weighted by atomic mass is 16.2. The van der Waals surface area contributed by atoms with Gasteiger partial charge in [-0.3, -0.25) is 14.7 Å². The van der Waals surface area contributed by atoms with E-state index in [-0.39, 0.29) is 11.9 Å². The molecule has 136 valence electrons. The third-order valence-electron chi connectivity index (χ3n) is 4.92. The zero-order valence-electron chi connectivity index (χ0n) is 15.2. The van der Waals surface area contributed by atoms with Crippen molar-refractivity contribution in [1.82, 2.24) is 15.5 Å². The van der Waals surface area contributed by atoms with Crippen LogP contribution in [0.5, 0.6) is 0 Å². The number of nitrogens with one attached hydrogen (secondary N) is 2. The number of nitrogens with zero attached hydrogens (tertiary/aromatic N) is 3. The maximum Gasteiger partial charge on any atom is 0.229 e. The van der Waals surface area contributed by atoms with Crippen LogP contribution in [0, 0.1) is 0 Å². The van der Waals surface area contributed by atoms with Gasteiger partial charge in [-0.1, -0.05) is 25.1 Å². The van der Waals surface area contributed by atoms with Crippen LogP contribution in [0.1, 0.15) is 26.2 Å². The van der Waals surface area contributed by atoms with E-state index >= 15 is 0 Å². The summed E-state index contributed by atoms with van der Waals surface area (Å²) in [6.07, 6.45) is 3.17. The second kappa shape index (κ2) is 8.34. The molecule has 1 atom stereocenters. The van der Waals surface area contributed by atoms with Crippen molar-refractivity contribution in [1.29, 1.82) is 0 Å². The van der Waals surface area contributed by atoms with Gasteiger partial charge in [0.05, 0.1) is 6.04 Å². The Morgan fingerprint density at radius 3 is 2.72 bits per heavy atom. The fourth-order valence-corrected chi connectivity index (χ4v) is 3.41. The summed E-state index contributed by atoms with van der Waals surface area (Å²) in [6, 6.07) is 10.7. The van der Waals surface area contributed by atoms with Crippen LogP contribution < -0.4 is 15.5 Å². The number of benzene rings is 1. The number of rotatable bonds is 7. The summed E-state index contributed by atoms with van der Waals surface area (Å²) >= 11 is 0. The molecule has 0 aromatic heterocycles. The molecule has 1 unspecified atom stereocenters. The largest absolute Gasteiger partial charge is 0.355 e. The second-order valence-electron chi connectivity index (χ2n) is 6.74. The molecule has 1 heterocycles. The number of aliphatic imine (C=N–C) groups is 1. The molecule has 1 aliphatic heterocycles. The third kappa shape index (κ3) is 4.72. The zero-order valence-corrected chi connectivity index (χ0v) is 15.2. The summed E-state index contributed by atoms with van der Waals surface area (Å²) in [5.74, 6) is 0.935. The highest BCUT2D eigenvalue weighted by molar-refractivity contribution is 5.97. The maximum absolute atomic E-state index is 12.3. The molecule has 6 heteroatoms. The van der Waals surface area contributed by atoms with Gasteiger partial charge in [-0.25, -0.2) is 0 Å². The molecular formula is C19H29N5O. The van der Waals surface area contributed by atoms with Crippen LogP contribution in [0.3, 0.4) is 0 Å². The predicted molar refractivity (Wildman–Crippen MR) is 102 cm³/mol. The molecule has 2 fully saturated rings. The standard InChI is InChI=1S/C19H29N5O/c1-3-23(16-9-10-16)12-11-21-19(20-2)22-15-13-18(25)24(14-15)17-7-5-4-6-8-17/h4-8,15-16H,3,9-14H2,1-2H3,(H2,20,21,22). The Bertz CT molecular complexity index is 599. The van der Waals surface area contributed by atoms with Crippen LogP contribution in [0.15, 0.2) is 35.3 Å². The lowest BCUT2D eigenvalue weighted by Gasteiger charge is -2.22. The Labute approximate surface area is 150 Å². The smallest absolute Gasteiger partial charge is 0.229 e. The minimum Gasteiger partial charge on any atom is -0.355 e. The first kappa shape index (κ1) is 17.7. The van der Waals surface area contributed by atoms with Crippen molar-refractivity contribution < 1.29 is 4.79 Å². The molecule has 2 N–H and O–H groups in total. The zero-order chi connectivity index (χ0) is 17.6. The molecule has 25 heavy (non-hydrogen) atoms. The summed E-state index contributed by atoms with van der Waals surface area (Å²) in [7, 11) is 1.78. The number of carbonyl (C=O) groups excluding carboxylic acids is 1. The Hall–Kier alpha value is -2.08. The highest BCUT2D eigenvalue weighted by Gasteiger charge is 2.31. The molecule has 3 rings (SSSR count). The molecule has 1 saturated carbocycles. The molecule has 1 aromatic carbocycles. The van der Waals surface area contributed by atoms with Crippen LogP contribution in [-0.4, -0.2) is 62.1 Å². The van der Waals surface area contributed by atoms with Gasteiger partial charge in [0.1, 0.15) is 0 Å². The molecule has 2 aliphatic rings. The van der Waals surface area contributed by atoms with Crippen LogP contribution in [0.25, 0.3) is 0 Å². The van der Waals surface area contributed by atoms with Crippen molar-refractivity contribution in [2.75, 3.05) is 38.1 Å². The first-order valence-electron chi connectivity index (χ1n) is 9.28. The number of likely N-dealkylation sites (N-methyl/N-ethyl adjacent to an activating group) is 1. The van der Waals surface area contributed by atoms with Crippen LogP contribution in [0.2, 0.25) is 0 Å². The molecule has 1 aromatic rings. The normalized spacial score (nSPS) is 21.1. The number of para-hydroxylation sites is 1. The second-order valence-corrected chi connectivity index (χ2v) is 6.74. The average Bonchev–Trinajstić information content (AvgIpc) is 3.41. The minimum atomic E-state index is 0.0876. The van der Waals surface area contributed by atoms with Gasteiger partial charge >= 0.3 is 0 Å². The van der Waals surface area contributed by atoms with Gasteiger partial charge < -0.3 is 15.5 Å². The molecule has 6 nitrogen and oxygen atoms in total. The van der Waals surface area contributed by atoms with E-state index in [0.29, 0.717) is 13.0 Å². The van der Waals surface area contributed by atoms with Crippen LogP contribution >= 0.6 is 0 Å². The molecule has 1 amide bonds. The number of guanidine groups is 1. The van der Waals surface area contributed by atoms with E-state index < -0.39 is 0 Å². The molecule has 0 spiro atoms. The van der Waals surface area contributed by atoms with Crippen molar-refractivity contribution in [3.63, 3.8) is 0 Å². The van der Waals surface area contributed by atoms with Gasteiger partial charge in [0, 0.05) is 44.8 Å². The van der Waals surface area contributed by atoms with Gasteiger partial charge in [-0.2, -0.15) is 0 Å². The number of hydrogen-bond donors (Lipinski definition) is 2. The summed E-state index contributed by atoms with van der Waals surface area (Å²) < 4.78 is 0. The number of anilines is 1. The van der Waals surface area contributed by atoms with E-state index in [9.17, 15) is 4.79 Å². The van der Waals surface area contributed by atoms with Crippen molar-refractivity contribution in [3.8, 4) is 0 Å².